The van der Waals surface area contributed by atoms with Gasteiger partial charge in [0, 0.05) is 12.3 Å². The number of hydrogen-bond donors (Lipinski definition) is 1. The van der Waals surface area contributed by atoms with E-state index in [0.29, 0.717) is 0 Å². The van der Waals surface area contributed by atoms with Crippen molar-refractivity contribution in [1.82, 2.24) is 0 Å². The molecule has 1 fully saturated rings. The van der Waals surface area contributed by atoms with Crippen LogP contribution in [0.1, 0.15) is 41.0 Å². The van der Waals surface area contributed by atoms with Gasteiger partial charge in [-0.05, 0) is 18.3 Å². The van der Waals surface area contributed by atoms with Gasteiger partial charge in [0.05, 0.1) is 5.92 Å². The highest BCUT2D eigenvalue weighted by molar-refractivity contribution is 5.70. The number of rotatable bonds is 3. The van der Waals surface area contributed by atoms with Crippen molar-refractivity contribution < 1.29 is 19.4 Å². The van der Waals surface area contributed by atoms with Crippen LogP contribution in [0.3, 0.4) is 0 Å². The Kier molecular flexibility index (Phi) is 3.84. The summed E-state index contributed by atoms with van der Waals surface area (Å²) in [6.07, 6.45) is 0.602. The third-order valence-corrected chi connectivity index (χ3v) is 4.12. The second kappa shape index (κ2) is 4.67. The van der Waals surface area contributed by atoms with Gasteiger partial charge in [0.15, 0.2) is 0 Å². The molecule has 4 nitrogen and oxygen atoms in total. The normalized spacial score (nSPS) is 33.1. The predicted octanol–water partition coefficient (Wildman–Crippen LogP) is 2.32. The first kappa shape index (κ1) is 14.0. The van der Waals surface area contributed by atoms with Gasteiger partial charge in [0.2, 0.25) is 0 Å². The lowest BCUT2D eigenvalue weighted by Crippen LogP contribution is -2.38. The lowest BCUT2D eigenvalue weighted by Gasteiger charge is -2.34. The zero-order valence-electron chi connectivity index (χ0n) is 11.2. The minimum Gasteiger partial charge on any atom is -0.481 e. The van der Waals surface area contributed by atoms with E-state index in [1.54, 1.807) is 6.92 Å². The Morgan fingerprint density at radius 2 is 1.94 bits per heavy atom. The molecule has 0 radical (unpaired) electrons. The highest BCUT2D eigenvalue weighted by Gasteiger charge is 2.52. The summed E-state index contributed by atoms with van der Waals surface area (Å²) in [5.74, 6) is -1.23. The van der Waals surface area contributed by atoms with Gasteiger partial charge >= 0.3 is 11.9 Å². The van der Waals surface area contributed by atoms with Crippen molar-refractivity contribution in [3.05, 3.63) is 0 Å². The van der Waals surface area contributed by atoms with Gasteiger partial charge in [-0.25, -0.2) is 0 Å². The topological polar surface area (TPSA) is 63.6 Å². The maximum Gasteiger partial charge on any atom is 0.306 e. The third-order valence-electron chi connectivity index (χ3n) is 4.12. The highest BCUT2D eigenvalue weighted by Crippen LogP contribution is 2.50. The number of aliphatic carboxylic acids is 1. The standard InChI is InChI=1S/C13H22O4/c1-7-6-10(8(2)12(15)16)13(4,5)11(7)17-9(3)14/h7-8,10-11H,6H2,1-5H3,(H,15,16). The SMILES string of the molecule is CC(=O)OC1C(C)CC(C(C)C(=O)O)C1(C)C. The summed E-state index contributed by atoms with van der Waals surface area (Å²) >= 11 is 0. The number of hydrogen-bond acceptors (Lipinski definition) is 3. The molecule has 1 aliphatic rings. The number of ether oxygens (including phenoxy) is 1. The molecular formula is C13H22O4. The van der Waals surface area contributed by atoms with E-state index in [0.717, 1.165) is 6.42 Å². The quantitative estimate of drug-likeness (QED) is 0.771. The van der Waals surface area contributed by atoms with Crippen molar-refractivity contribution in [3.63, 3.8) is 0 Å². The van der Waals surface area contributed by atoms with Crippen molar-refractivity contribution in [2.45, 2.75) is 47.1 Å². The zero-order valence-corrected chi connectivity index (χ0v) is 11.2. The molecule has 1 aliphatic carbocycles. The summed E-state index contributed by atoms with van der Waals surface area (Å²) in [7, 11) is 0. The Hall–Kier alpha value is -1.06. The van der Waals surface area contributed by atoms with Crippen LogP contribution in [0.25, 0.3) is 0 Å². The summed E-state index contributed by atoms with van der Waals surface area (Å²) in [4.78, 5) is 22.2. The number of carboxylic acids is 1. The fourth-order valence-corrected chi connectivity index (χ4v) is 3.24. The van der Waals surface area contributed by atoms with Crippen molar-refractivity contribution >= 4 is 11.9 Å². The van der Waals surface area contributed by atoms with Gasteiger partial charge < -0.3 is 9.84 Å². The molecule has 4 atom stereocenters. The summed E-state index contributed by atoms with van der Waals surface area (Å²) in [5, 5.41) is 9.12. The van der Waals surface area contributed by atoms with E-state index in [4.69, 9.17) is 9.84 Å². The summed E-state index contributed by atoms with van der Waals surface area (Å²) in [6.45, 7) is 9.14. The second-order valence-electron chi connectivity index (χ2n) is 5.80. The molecular weight excluding hydrogens is 220 g/mol. The summed E-state index contributed by atoms with van der Waals surface area (Å²) < 4.78 is 5.37. The lowest BCUT2D eigenvalue weighted by molar-refractivity contribution is -0.155. The van der Waals surface area contributed by atoms with Crippen LogP contribution in [0, 0.1) is 23.2 Å². The van der Waals surface area contributed by atoms with Gasteiger partial charge in [-0.1, -0.05) is 27.7 Å². The van der Waals surface area contributed by atoms with Crippen LogP contribution >= 0.6 is 0 Å². The Labute approximate surface area is 102 Å². The Morgan fingerprint density at radius 3 is 2.35 bits per heavy atom. The average molecular weight is 242 g/mol. The predicted molar refractivity (Wildman–Crippen MR) is 63.4 cm³/mol. The molecule has 1 saturated carbocycles. The largest absolute Gasteiger partial charge is 0.481 e. The molecule has 0 aromatic rings. The van der Waals surface area contributed by atoms with Crippen molar-refractivity contribution in [1.29, 1.82) is 0 Å². The number of esters is 1. The molecule has 0 spiro atoms. The maximum atomic E-state index is 11.1. The highest BCUT2D eigenvalue weighted by atomic mass is 16.5. The van der Waals surface area contributed by atoms with E-state index in [1.165, 1.54) is 6.92 Å². The lowest BCUT2D eigenvalue weighted by atomic mass is 9.74. The molecule has 0 aromatic heterocycles. The van der Waals surface area contributed by atoms with Crippen molar-refractivity contribution in [2.75, 3.05) is 0 Å². The van der Waals surface area contributed by atoms with Gasteiger partial charge in [-0.2, -0.15) is 0 Å². The van der Waals surface area contributed by atoms with Crippen molar-refractivity contribution in [3.8, 4) is 0 Å². The fraction of sp³-hybridized carbons (Fsp3) is 0.846. The van der Waals surface area contributed by atoms with Crippen molar-refractivity contribution in [2.24, 2.45) is 23.2 Å². The van der Waals surface area contributed by atoms with E-state index < -0.39 is 11.9 Å². The second-order valence-corrected chi connectivity index (χ2v) is 5.80. The average Bonchev–Trinajstić information content (AvgIpc) is 2.39. The van der Waals surface area contributed by atoms with Crippen LogP contribution in [0.5, 0.6) is 0 Å². The van der Waals surface area contributed by atoms with E-state index in [-0.39, 0.29) is 29.3 Å². The molecule has 1 rings (SSSR count). The van der Waals surface area contributed by atoms with Crippen LogP contribution in [0.15, 0.2) is 0 Å². The fourth-order valence-electron chi connectivity index (χ4n) is 3.24. The first-order valence-corrected chi connectivity index (χ1v) is 6.08. The molecule has 0 amide bonds. The van der Waals surface area contributed by atoms with Gasteiger partial charge in [-0.3, -0.25) is 9.59 Å². The summed E-state index contributed by atoms with van der Waals surface area (Å²) in [5.41, 5.74) is -0.289. The zero-order chi connectivity index (χ0) is 13.4. The molecule has 0 heterocycles. The van der Waals surface area contributed by atoms with E-state index >= 15 is 0 Å². The van der Waals surface area contributed by atoms with Crippen LogP contribution < -0.4 is 0 Å². The minimum atomic E-state index is -0.779. The molecule has 0 saturated heterocycles. The minimum absolute atomic E-state index is 0.0411. The molecule has 4 heteroatoms. The van der Waals surface area contributed by atoms with E-state index in [1.807, 2.05) is 20.8 Å². The summed E-state index contributed by atoms with van der Waals surface area (Å²) in [6, 6.07) is 0. The number of carbonyl (C=O) groups is 2. The number of carbonyl (C=O) groups excluding carboxylic acids is 1. The Bertz CT molecular complexity index is 321. The third kappa shape index (κ3) is 2.61. The molecule has 0 bridgehead atoms. The molecule has 17 heavy (non-hydrogen) atoms. The molecule has 0 aliphatic heterocycles. The monoisotopic (exact) mass is 242 g/mol. The number of carboxylic acid groups (broad SMARTS) is 1. The molecule has 98 valence electrons. The molecule has 0 aromatic carbocycles. The van der Waals surface area contributed by atoms with Crippen LogP contribution in [-0.4, -0.2) is 23.1 Å². The smallest absolute Gasteiger partial charge is 0.306 e. The van der Waals surface area contributed by atoms with Crippen LogP contribution in [0.2, 0.25) is 0 Å². The van der Waals surface area contributed by atoms with Crippen LogP contribution in [-0.2, 0) is 14.3 Å². The van der Waals surface area contributed by atoms with Gasteiger partial charge in [0.1, 0.15) is 6.10 Å². The van der Waals surface area contributed by atoms with Crippen LogP contribution in [0.4, 0.5) is 0 Å². The molecule has 4 unspecified atom stereocenters. The maximum absolute atomic E-state index is 11.1. The van der Waals surface area contributed by atoms with E-state index in [9.17, 15) is 9.59 Å². The first-order valence-electron chi connectivity index (χ1n) is 6.08. The Morgan fingerprint density at radius 1 is 1.41 bits per heavy atom. The van der Waals surface area contributed by atoms with Gasteiger partial charge in [0.25, 0.3) is 0 Å². The van der Waals surface area contributed by atoms with Gasteiger partial charge in [-0.15, -0.1) is 0 Å². The van der Waals surface area contributed by atoms with E-state index in [2.05, 4.69) is 0 Å². The first-order chi connectivity index (χ1) is 7.67. The molecule has 1 N–H and O–H groups in total. The Balaban J connectivity index is 2.92.